The van der Waals surface area contributed by atoms with Gasteiger partial charge in [-0.05, 0) is 36.4 Å². The number of nitriles is 1. The monoisotopic (exact) mass is 376 g/mol. The second kappa shape index (κ2) is 8.38. The van der Waals surface area contributed by atoms with Crippen molar-refractivity contribution in [2.75, 3.05) is 24.2 Å². The van der Waals surface area contributed by atoms with Crippen LogP contribution in [0.5, 0.6) is 0 Å². The van der Waals surface area contributed by atoms with Gasteiger partial charge < -0.3 is 16.0 Å². The Kier molecular flexibility index (Phi) is 6.23. The van der Waals surface area contributed by atoms with Gasteiger partial charge in [0.05, 0.1) is 27.8 Å². The minimum absolute atomic E-state index is 0.0610. The van der Waals surface area contributed by atoms with Crippen molar-refractivity contribution >= 4 is 46.4 Å². The number of halogens is 2. The normalized spacial score (nSPS) is 9.84. The van der Waals surface area contributed by atoms with Crippen LogP contribution in [0.4, 0.5) is 11.4 Å². The molecule has 2 aromatic rings. The number of benzene rings is 2. The van der Waals surface area contributed by atoms with E-state index < -0.39 is 0 Å². The maximum Gasteiger partial charge on any atom is 0.251 e. The summed E-state index contributed by atoms with van der Waals surface area (Å²) in [6, 6.07) is 11.3. The summed E-state index contributed by atoms with van der Waals surface area (Å²) < 4.78 is 0. The highest BCUT2D eigenvalue weighted by Crippen LogP contribution is 2.23. The number of rotatable bonds is 5. The maximum atomic E-state index is 12.0. The second-order valence-corrected chi connectivity index (χ2v) is 5.80. The molecule has 0 aromatic heterocycles. The van der Waals surface area contributed by atoms with E-state index in [0.29, 0.717) is 27.5 Å². The Balaban J connectivity index is 2.01. The van der Waals surface area contributed by atoms with E-state index in [-0.39, 0.29) is 23.4 Å². The zero-order valence-corrected chi connectivity index (χ0v) is 14.7. The Morgan fingerprint density at radius 2 is 1.88 bits per heavy atom. The van der Waals surface area contributed by atoms with Gasteiger partial charge >= 0.3 is 0 Å². The molecule has 0 bridgehead atoms. The predicted molar refractivity (Wildman–Crippen MR) is 98.1 cm³/mol. The summed E-state index contributed by atoms with van der Waals surface area (Å²) >= 11 is 12.0. The molecule has 2 amide bonds. The molecule has 0 aliphatic rings. The topological polar surface area (TPSA) is 94.0 Å². The van der Waals surface area contributed by atoms with E-state index in [1.807, 2.05) is 6.07 Å². The van der Waals surface area contributed by atoms with Crippen LogP contribution in [0.25, 0.3) is 0 Å². The Morgan fingerprint density at radius 3 is 2.52 bits per heavy atom. The van der Waals surface area contributed by atoms with Crippen molar-refractivity contribution in [2.24, 2.45) is 0 Å². The van der Waals surface area contributed by atoms with Crippen LogP contribution in [0.1, 0.15) is 15.9 Å². The molecule has 0 saturated heterocycles. The first-order valence-electron chi connectivity index (χ1n) is 7.19. The lowest BCUT2D eigenvalue weighted by Crippen LogP contribution is -2.22. The fourth-order valence-corrected chi connectivity index (χ4v) is 2.42. The van der Waals surface area contributed by atoms with Gasteiger partial charge in [0.1, 0.15) is 6.07 Å². The summed E-state index contributed by atoms with van der Waals surface area (Å²) in [6.45, 7) is -0.0610. The smallest absolute Gasteiger partial charge is 0.251 e. The zero-order valence-electron chi connectivity index (χ0n) is 13.2. The van der Waals surface area contributed by atoms with E-state index in [1.54, 1.807) is 24.3 Å². The highest BCUT2D eigenvalue weighted by Gasteiger charge is 2.09. The Labute approximate surface area is 154 Å². The van der Waals surface area contributed by atoms with Crippen LogP contribution in [-0.4, -0.2) is 25.4 Å². The first kappa shape index (κ1) is 18.6. The molecule has 25 heavy (non-hydrogen) atoms. The number of amides is 2. The Hall–Kier alpha value is -2.75. The van der Waals surface area contributed by atoms with Gasteiger partial charge in [-0.15, -0.1) is 0 Å². The standard InChI is InChI=1S/C17H14Cl2N4O2/c1-21-17(25)10-3-5-13(18)15(6-10)22-9-16(24)23-12-4-2-11(8-20)14(19)7-12/h2-7,22H,9H2,1H3,(H,21,25)(H,23,24). The number of nitrogens with one attached hydrogen (secondary N) is 3. The third-order valence-electron chi connectivity index (χ3n) is 3.27. The third-order valence-corrected chi connectivity index (χ3v) is 3.91. The molecular formula is C17H14Cl2N4O2. The molecule has 2 aromatic carbocycles. The zero-order chi connectivity index (χ0) is 18.4. The molecule has 3 N–H and O–H groups in total. The van der Waals surface area contributed by atoms with Crippen LogP contribution in [0, 0.1) is 11.3 Å². The summed E-state index contributed by atoms with van der Waals surface area (Å²) in [5.74, 6) is -0.585. The van der Waals surface area contributed by atoms with Crippen LogP contribution in [-0.2, 0) is 4.79 Å². The largest absolute Gasteiger partial charge is 0.375 e. The van der Waals surface area contributed by atoms with E-state index in [0.717, 1.165) is 0 Å². The lowest BCUT2D eigenvalue weighted by Gasteiger charge is -2.11. The van der Waals surface area contributed by atoms with Gasteiger partial charge in [-0.2, -0.15) is 5.26 Å². The molecule has 6 nitrogen and oxygen atoms in total. The van der Waals surface area contributed by atoms with Gasteiger partial charge in [0.2, 0.25) is 5.91 Å². The number of hydrogen-bond donors (Lipinski definition) is 3. The molecule has 0 radical (unpaired) electrons. The second-order valence-electron chi connectivity index (χ2n) is 4.98. The van der Waals surface area contributed by atoms with E-state index >= 15 is 0 Å². The van der Waals surface area contributed by atoms with Crippen LogP contribution >= 0.6 is 23.2 Å². The van der Waals surface area contributed by atoms with Gasteiger partial charge in [0, 0.05) is 18.3 Å². The van der Waals surface area contributed by atoms with Crippen LogP contribution in [0.15, 0.2) is 36.4 Å². The van der Waals surface area contributed by atoms with Gasteiger partial charge in [-0.1, -0.05) is 23.2 Å². The third kappa shape index (κ3) is 4.86. The van der Waals surface area contributed by atoms with Crippen LogP contribution in [0.2, 0.25) is 10.0 Å². The lowest BCUT2D eigenvalue weighted by molar-refractivity contribution is -0.114. The van der Waals surface area contributed by atoms with E-state index in [2.05, 4.69) is 16.0 Å². The van der Waals surface area contributed by atoms with Crippen LogP contribution < -0.4 is 16.0 Å². The van der Waals surface area contributed by atoms with Crippen molar-refractivity contribution in [3.63, 3.8) is 0 Å². The van der Waals surface area contributed by atoms with Crippen molar-refractivity contribution < 1.29 is 9.59 Å². The lowest BCUT2D eigenvalue weighted by atomic mass is 10.2. The molecule has 0 unspecified atom stereocenters. The average molecular weight is 377 g/mol. The molecule has 2 rings (SSSR count). The van der Waals surface area contributed by atoms with Crippen molar-refractivity contribution in [2.45, 2.75) is 0 Å². The summed E-state index contributed by atoms with van der Waals surface area (Å²) in [4.78, 5) is 23.7. The van der Waals surface area contributed by atoms with Crippen molar-refractivity contribution in [3.05, 3.63) is 57.6 Å². The molecule has 0 spiro atoms. The van der Waals surface area contributed by atoms with Gasteiger partial charge in [-0.3, -0.25) is 9.59 Å². The Morgan fingerprint density at radius 1 is 1.12 bits per heavy atom. The highest BCUT2D eigenvalue weighted by molar-refractivity contribution is 6.33. The summed E-state index contributed by atoms with van der Waals surface area (Å²) in [6.07, 6.45) is 0. The quantitative estimate of drug-likeness (QED) is 0.746. The van der Waals surface area contributed by atoms with Crippen molar-refractivity contribution in [1.29, 1.82) is 5.26 Å². The van der Waals surface area contributed by atoms with E-state index in [9.17, 15) is 9.59 Å². The number of nitrogens with zero attached hydrogens (tertiary/aromatic N) is 1. The molecule has 0 fully saturated rings. The molecule has 0 heterocycles. The number of carbonyl (C=O) groups excluding carboxylic acids is 2. The first-order chi connectivity index (χ1) is 11.9. The Bertz CT molecular complexity index is 862. The molecule has 0 saturated carbocycles. The summed E-state index contributed by atoms with van der Waals surface area (Å²) in [5.41, 5.74) is 1.70. The minimum atomic E-state index is -0.331. The molecule has 8 heteroatoms. The molecular weight excluding hydrogens is 363 g/mol. The molecule has 0 aliphatic heterocycles. The maximum absolute atomic E-state index is 12.0. The SMILES string of the molecule is CNC(=O)c1ccc(Cl)c(NCC(=O)Nc2ccc(C#N)c(Cl)c2)c1. The molecule has 0 atom stereocenters. The van der Waals surface area contributed by atoms with Gasteiger partial charge in [-0.25, -0.2) is 0 Å². The predicted octanol–water partition coefficient (Wildman–Crippen LogP) is 3.28. The molecule has 0 aliphatic carbocycles. The highest BCUT2D eigenvalue weighted by atomic mass is 35.5. The van der Waals surface area contributed by atoms with E-state index in [1.165, 1.54) is 19.2 Å². The van der Waals surface area contributed by atoms with Gasteiger partial charge in [0.25, 0.3) is 5.91 Å². The van der Waals surface area contributed by atoms with E-state index in [4.69, 9.17) is 28.5 Å². The fraction of sp³-hybridized carbons (Fsp3) is 0.118. The number of hydrogen-bond acceptors (Lipinski definition) is 4. The van der Waals surface area contributed by atoms with Crippen LogP contribution in [0.3, 0.4) is 0 Å². The summed E-state index contributed by atoms with van der Waals surface area (Å²) in [7, 11) is 1.53. The number of carbonyl (C=O) groups is 2. The van der Waals surface area contributed by atoms with Crippen molar-refractivity contribution in [3.8, 4) is 6.07 Å². The minimum Gasteiger partial charge on any atom is -0.375 e. The number of anilines is 2. The van der Waals surface area contributed by atoms with Gasteiger partial charge in [0.15, 0.2) is 0 Å². The fourth-order valence-electron chi connectivity index (χ4n) is 2.01. The molecule has 128 valence electrons. The average Bonchev–Trinajstić information content (AvgIpc) is 2.60. The van der Waals surface area contributed by atoms with Crippen molar-refractivity contribution in [1.82, 2.24) is 5.32 Å². The summed E-state index contributed by atoms with van der Waals surface area (Å²) in [5, 5.41) is 17.5. The first-order valence-corrected chi connectivity index (χ1v) is 7.95.